The number of fused-ring (bicyclic) bond motifs is 1. The fourth-order valence-corrected chi connectivity index (χ4v) is 10.3. The molecule has 390 valence electrons. The average molecular weight is 1180 g/mol. The van der Waals surface area contributed by atoms with Gasteiger partial charge in [0.25, 0.3) is 0 Å². The van der Waals surface area contributed by atoms with E-state index in [4.69, 9.17) is 22.3 Å². The second kappa shape index (κ2) is 21.6. The molecule has 0 unspecified atom stereocenters. The van der Waals surface area contributed by atoms with Crippen molar-refractivity contribution in [1.29, 1.82) is 0 Å². The molecule has 0 aliphatic rings. The average Bonchev–Trinajstić information content (AvgIpc) is 0.881. The Hall–Kier alpha value is -5.57. The second-order valence-electron chi connectivity index (χ2n) is 22.5. The van der Waals surface area contributed by atoms with Gasteiger partial charge in [-0.3, -0.25) is 9.55 Å². The zero-order valence-corrected chi connectivity index (χ0v) is 47.9. The standard InChI is InChI=1S/C69H82N3O.Pt/c1-18-68(16,19-2)57-25-23-26-58(69(17,20-3)21-4)62(57)48-30-33-60(45(9)36-48)72-61-27-22-24-54(63(61)71-65(72)56-41-49(43(5)6)40-55(44(7)8)64(56)73)50-37-51(39-53(38-50)67(13,14)15)59-42-47(34-35-70-59)46-28-31-52(32-29-46)66(10,11)12;/h22-36,38-44,73H,18-21H2,1-17H3;/q-1;/i9D3,10D3,11D3,12D3;. The first-order valence-electron chi connectivity index (χ1n) is 32.3. The number of pyridine rings is 1. The molecule has 2 aromatic heterocycles. The van der Waals surface area contributed by atoms with Crippen LogP contribution in [-0.2, 0) is 42.7 Å². The zero-order valence-electron chi connectivity index (χ0n) is 57.6. The molecule has 0 atom stereocenters. The molecule has 5 heteroatoms. The summed E-state index contributed by atoms with van der Waals surface area (Å²) in [5, 5.41) is 12.5. The molecule has 0 spiro atoms. The summed E-state index contributed by atoms with van der Waals surface area (Å²) >= 11 is 0. The van der Waals surface area contributed by atoms with Crippen molar-refractivity contribution in [2.75, 3.05) is 0 Å². The number of phenolic OH excluding ortho intramolecular Hbond substituents is 1. The van der Waals surface area contributed by atoms with Gasteiger partial charge in [0.1, 0.15) is 11.6 Å². The summed E-state index contributed by atoms with van der Waals surface area (Å²) in [5.74, 6) is 0.456. The minimum Gasteiger partial charge on any atom is -0.507 e. The first-order chi connectivity index (χ1) is 39.4. The van der Waals surface area contributed by atoms with Gasteiger partial charge in [0.05, 0.1) is 22.3 Å². The van der Waals surface area contributed by atoms with Crippen LogP contribution in [0, 0.1) is 12.9 Å². The molecule has 8 rings (SSSR count). The van der Waals surface area contributed by atoms with Crippen LogP contribution in [0.4, 0.5) is 0 Å². The maximum Gasteiger partial charge on any atom is 0.148 e. The SMILES string of the molecule is [2H]C([2H])([2H])c1cc(-c2c(C(C)(CC)CC)cccc2C(C)(CC)CC)ccc1-n1c(-c2cc(C(C)C)cc(C(C)C)c2O)nc2c(-c3[c-]c(-c4cc(-c5ccc(C(C([2H])([2H])[2H])(C([2H])([2H])[2H])C([2H])([2H])[2H])cc5)ccn4)cc(C(C)(C)C)c3)cccc21.[Pt]. The Morgan fingerprint density at radius 1 is 0.622 bits per heavy atom. The third kappa shape index (κ3) is 10.6. The Bertz CT molecular complexity index is 3690. The van der Waals surface area contributed by atoms with Crippen LogP contribution in [-0.4, -0.2) is 19.6 Å². The molecule has 0 bridgehead atoms. The summed E-state index contributed by atoms with van der Waals surface area (Å²) in [5.41, 5.74) is 8.65. The van der Waals surface area contributed by atoms with E-state index in [1.807, 2.05) is 73.0 Å². The fourth-order valence-electron chi connectivity index (χ4n) is 10.3. The van der Waals surface area contributed by atoms with E-state index in [0.29, 0.717) is 61.6 Å². The van der Waals surface area contributed by atoms with E-state index in [9.17, 15) is 9.22 Å². The van der Waals surface area contributed by atoms with Gasteiger partial charge >= 0.3 is 0 Å². The van der Waals surface area contributed by atoms with E-state index >= 15 is 0 Å². The van der Waals surface area contributed by atoms with Crippen LogP contribution in [0.25, 0.3) is 72.7 Å². The molecule has 0 aliphatic carbocycles. The largest absolute Gasteiger partial charge is 0.507 e. The van der Waals surface area contributed by atoms with Crippen molar-refractivity contribution in [3.63, 3.8) is 0 Å². The van der Waals surface area contributed by atoms with Crippen molar-refractivity contribution in [1.82, 2.24) is 14.5 Å². The monoisotopic (exact) mass is 1180 g/mol. The summed E-state index contributed by atoms with van der Waals surface area (Å²) < 4.78 is 104. The summed E-state index contributed by atoms with van der Waals surface area (Å²) in [6, 6.07) is 39.3. The first kappa shape index (κ1) is 41.6. The summed E-state index contributed by atoms with van der Waals surface area (Å²) in [4.78, 5) is 10.4. The number of benzene rings is 6. The van der Waals surface area contributed by atoms with Gasteiger partial charge in [-0.25, -0.2) is 4.98 Å². The quantitative estimate of drug-likeness (QED) is 0.110. The van der Waals surface area contributed by atoms with Gasteiger partial charge in [-0.2, -0.15) is 0 Å². The van der Waals surface area contributed by atoms with Crippen molar-refractivity contribution in [3.05, 3.63) is 166 Å². The predicted octanol–water partition coefficient (Wildman–Crippen LogP) is 19.6. The molecule has 0 fully saturated rings. The smallest absolute Gasteiger partial charge is 0.148 e. The number of aryl methyl sites for hydroxylation is 1. The van der Waals surface area contributed by atoms with E-state index in [-0.39, 0.29) is 60.6 Å². The third-order valence-corrected chi connectivity index (χ3v) is 16.1. The topological polar surface area (TPSA) is 50.9 Å². The van der Waals surface area contributed by atoms with E-state index in [2.05, 4.69) is 113 Å². The molecular weight excluding hydrogens is 1080 g/mol. The van der Waals surface area contributed by atoms with E-state index < -0.39 is 38.2 Å². The van der Waals surface area contributed by atoms with Crippen LogP contribution in [0.5, 0.6) is 5.75 Å². The Morgan fingerprint density at radius 2 is 1.24 bits per heavy atom. The molecule has 2 heterocycles. The number of para-hydroxylation sites is 1. The Morgan fingerprint density at radius 3 is 1.82 bits per heavy atom. The van der Waals surface area contributed by atoms with Gasteiger partial charge in [0.15, 0.2) is 0 Å². The second-order valence-corrected chi connectivity index (χ2v) is 22.5. The number of aromatic nitrogens is 3. The minimum atomic E-state index is -3.40. The van der Waals surface area contributed by atoms with Gasteiger partial charge in [-0.15, -0.1) is 29.3 Å². The van der Waals surface area contributed by atoms with Crippen molar-refractivity contribution >= 4 is 11.0 Å². The molecule has 0 amide bonds. The van der Waals surface area contributed by atoms with Crippen LogP contribution >= 0.6 is 0 Å². The van der Waals surface area contributed by atoms with Crippen LogP contribution in [0.1, 0.15) is 203 Å². The zero-order chi connectivity index (χ0) is 62.9. The van der Waals surface area contributed by atoms with Gasteiger partial charge in [-0.1, -0.05) is 194 Å². The number of imidazole rings is 1. The normalized spacial score (nSPS) is 15.6. The van der Waals surface area contributed by atoms with Gasteiger partial charge < -0.3 is 5.11 Å². The summed E-state index contributed by atoms with van der Waals surface area (Å²) in [6.45, 7) is 15.3. The minimum absolute atomic E-state index is 0. The maximum atomic E-state index is 12.5. The maximum absolute atomic E-state index is 12.5. The van der Waals surface area contributed by atoms with Crippen LogP contribution in [0.2, 0.25) is 0 Å². The van der Waals surface area contributed by atoms with Crippen molar-refractivity contribution in [2.45, 2.75) is 177 Å². The molecule has 1 N–H and O–H groups in total. The molecular formula is C69H82N3OPt-. The molecule has 0 radical (unpaired) electrons. The Labute approximate surface area is 476 Å². The van der Waals surface area contributed by atoms with Crippen molar-refractivity contribution < 1.29 is 42.6 Å². The number of aromatic hydroxyl groups is 1. The Kier molecular flexibility index (Phi) is 12.1. The first-order valence-corrected chi connectivity index (χ1v) is 26.3. The number of hydrogen-bond acceptors (Lipinski definition) is 3. The van der Waals surface area contributed by atoms with Crippen LogP contribution in [0.3, 0.4) is 0 Å². The van der Waals surface area contributed by atoms with Gasteiger partial charge in [0.2, 0.25) is 0 Å². The number of nitrogens with zero attached hydrogens (tertiary/aromatic N) is 3. The molecule has 74 heavy (non-hydrogen) atoms. The third-order valence-electron chi connectivity index (χ3n) is 16.1. The van der Waals surface area contributed by atoms with E-state index in [0.717, 1.165) is 53.5 Å². The van der Waals surface area contributed by atoms with Gasteiger partial charge in [0, 0.05) is 49.4 Å². The van der Waals surface area contributed by atoms with E-state index in [1.165, 1.54) is 35.4 Å². The number of phenols is 1. The summed E-state index contributed by atoms with van der Waals surface area (Å²) in [7, 11) is 0. The molecule has 8 aromatic rings. The van der Waals surface area contributed by atoms with Crippen molar-refractivity contribution in [2.24, 2.45) is 0 Å². The molecule has 0 aliphatic heterocycles. The summed E-state index contributed by atoms with van der Waals surface area (Å²) in [6.07, 6.45) is 5.21. The molecule has 4 nitrogen and oxygen atoms in total. The number of hydrogen-bond donors (Lipinski definition) is 1. The molecule has 0 saturated carbocycles. The van der Waals surface area contributed by atoms with Crippen LogP contribution in [0.15, 0.2) is 121 Å². The molecule has 0 saturated heterocycles. The molecule has 6 aromatic carbocycles. The number of rotatable bonds is 14. The van der Waals surface area contributed by atoms with E-state index in [1.54, 1.807) is 12.3 Å². The fraction of sp³-hybridized carbons (Fsp3) is 0.391. The van der Waals surface area contributed by atoms with Crippen LogP contribution < -0.4 is 0 Å². The van der Waals surface area contributed by atoms with Crippen molar-refractivity contribution in [3.8, 4) is 67.5 Å². The predicted molar refractivity (Wildman–Crippen MR) is 313 cm³/mol. The Balaban J connectivity index is 0.0000106. The van der Waals surface area contributed by atoms with Gasteiger partial charge in [-0.05, 0) is 152 Å².